The molecule has 0 bridgehead atoms. The summed E-state index contributed by atoms with van der Waals surface area (Å²) < 4.78 is 55.3. The maximum Gasteiger partial charge on any atom is 0.419 e. The van der Waals surface area contributed by atoms with Crippen LogP contribution in [0, 0.1) is 27.6 Å². The Kier molecular flexibility index (Phi) is 6.99. The summed E-state index contributed by atoms with van der Waals surface area (Å²) in [6.45, 7) is 4.19. The lowest BCUT2D eigenvalue weighted by molar-refractivity contribution is -0.386. The lowest BCUT2D eigenvalue weighted by atomic mass is 10.2. The second-order valence-electron chi connectivity index (χ2n) is 9.40. The molecule has 0 radical (unpaired) electrons. The van der Waals surface area contributed by atoms with Crippen LogP contribution in [0.15, 0.2) is 59.5 Å². The van der Waals surface area contributed by atoms with Gasteiger partial charge in [-0.15, -0.1) is 0 Å². The molecule has 9 nitrogen and oxygen atoms in total. The van der Waals surface area contributed by atoms with Gasteiger partial charge in [-0.1, -0.05) is 0 Å². The first-order chi connectivity index (χ1) is 17.8. The van der Waals surface area contributed by atoms with Crippen molar-refractivity contribution in [1.82, 2.24) is 9.13 Å². The topological polar surface area (TPSA) is 106 Å². The molecule has 198 valence electrons. The molecule has 0 N–H and O–H groups in total. The number of aromatic nitrogens is 2. The van der Waals surface area contributed by atoms with Gasteiger partial charge in [0.25, 0.3) is 0 Å². The molecule has 0 spiro atoms. The molecule has 4 aromatic rings. The molecular weight excluding hydrogens is 507 g/mol. The summed E-state index contributed by atoms with van der Waals surface area (Å²) in [5.41, 5.74) is -2.32. The third-order valence-corrected chi connectivity index (χ3v) is 5.41. The van der Waals surface area contributed by atoms with Crippen molar-refractivity contribution < 1.29 is 32.4 Å². The van der Waals surface area contributed by atoms with Crippen molar-refractivity contribution in [3.63, 3.8) is 0 Å². The molecule has 2 heterocycles. The van der Waals surface area contributed by atoms with Gasteiger partial charge >= 0.3 is 17.3 Å². The minimum Gasteiger partial charge on any atom is -0.486 e. The predicted molar refractivity (Wildman–Crippen MR) is 131 cm³/mol. The first-order valence-electron chi connectivity index (χ1n) is 11.3. The highest BCUT2D eigenvalue weighted by atomic mass is 19.1. The fourth-order valence-electron chi connectivity index (χ4n) is 3.83. The zero-order chi connectivity index (χ0) is 27.8. The van der Waals surface area contributed by atoms with Crippen LogP contribution in [-0.4, -0.2) is 25.8 Å². The Morgan fingerprint density at radius 2 is 1.79 bits per heavy atom. The van der Waals surface area contributed by atoms with E-state index >= 15 is 0 Å². The number of hydrogen-bond donors (Lipinski definition) is 0. The average Bonchev–Trinajstić information content (AvgIpc) is 3.16. The van der Waals surface area contributed by atoms with Crippen LogP contribution < -0.4 is 10.3 Å². The molecule has 0 saturated carbocycles. The summed E-state index contributed by atoms with van der Waals surface area (Å²) in [6.07, 6.45) is 0.423. The summed E-state index contributed by atoms with van der Waals surface area (Å²) in [4.78, 5) is 36.3. The number of nitrogens with zero attached hydrogens (tertiary/aromatic N) is 3. The summed E-state index contributed by atoms with van der Waals surface area (Å²) in [7, 11) is 0. The fraction of sp³-hybridized carbons (Fsp3) is 0.231. The first-order valence-corrected chi connectivity index (χ1v) is 11.3. The monoisotopic (exact) mass is 529 g/mol. The minimum absolute atomic E-state index is 0.0115. The molecule has 2 aromatic heterocycles. The second-order valence-corrected chi connectivity index (χ2v) is 9.40. The average molecular weight is 529 g/mol. The molecule has 2 aromatic carbocycles. The Hall–Kier alpha value is -4.61. The highest BCUT2D eigenvalue weighted by molar-refractivity contribution is 5.95. The van der Waals surface area contributed by atoms with Gasteiger partial charge in [0.2, 0.25) is 0 Å². The maximum absolute atomic E-state index is 14.5. The number of carbonyl (C=O) groups excluding carboxylic acids is 1. The van der Waals surface area contributed by atoms with E-state index in [1.54, 1.807) is 20.8 Å². The fourth-order valence-corrected chi connectivity index (χ4v) is 3.83. The third kappa shape index (κ3) is 5.53. The van der Waals surface area contributed by atoms with Crippen LogP contribution in [0.5, 0.6) is 5.75 Å². The van der Waals surface area contributed by atoms with Crippen LogP contribution in [0.1, 0.15) is 32.0 Å². The molecule has 0 saturated heterocycles. The largest absolute Gasteiger partial charge is 0.486 e. The van der Waals surface area contributed by atoms with E-state index in [0.717, 1.165) is 33.4 Å². The summed E-state index contributed by atoms with van der Waals surface area (Å²) in [5.74, 6) is -2.52. The van der Waals surface area contributed by atoms with Gasteiger partial charge < -0.3 is 14.0 Å². The second kappa shape index (κ2) is 10.0. The van der Waals surface area contributed by atoms with E-state index in [0.29, 0.717) is 6.07 Å². The molecule has 0 aliphatic heterocycles. The third-order valence-electron chi connectivity index (χ3n) is 5.41. The summed E-state index contributed by atoms with van der Waals surface area (Å²) >= 11 is 0. The molecule has 0 fully saturated rings. The van der Waals surface area contributed by atoms with Crippen LogP contribution in [0.4, 0.5) is 23.7 Å². The number of nitro groups is 1. The van der Waals surface area contributed by atoms with Crippen LogP contribution >= 0.6 is 0 Å². The van der Waals surface area contributed by atoms with Crippen molar-refractivity contribution in [3.05, 3.63) is 104 Å². The highest BCUT2D eigenvalue weighted by Crippen LogP contribution is 2.32. The van der Waals surface area contributed by atoms with Gasteiger partial charge in [-0.2, -0.15) is 0 Å². The number of benzene rings is 2. The number of hydrogen-bond acceptors (Lipinski definition) is 6. The molecule has 12 heteroatoms. The van der Waals surface area contributed by atoms with Gasteiger partial charge in [0, 0.05) is 35.3 Å². The SMILES string of the molecule is CC(C)(C)OC(=O)n1c(Cn2cccc([N+](=O)[O-])c2=O)cc2cc(F)cc(OCc3ccc(F)cc3F)c21. The summed E-state index contributed by atoms with van der Waals surface area (Å²) in [6, 6.07) is 8.80. The smallest absolute Gasteiger partial charge is 0.419 e. The van der Waals surface area contributed by atoms with Crippen molar-refractivity contribution in [3.8, 4) is 5.75 Å². The van der Waals surface area contributed by atoms with Gasteiger partial charge in [-0.05, 0) is 51.1 Å². The van der Waals surface area contributed by atoms with Crippen LogP contribution in [-0.2, 0) is 17.9 Å². The van der Waals surface area contributed by atoms with Crippen molar-refractivity contribution in [2.24, 2.45) is 0 Å². The molecule has 0 aliphatic rings. The summed E-state index contributed by atoms with van der Waals surface area (Å²) in [5, 5.41) is 11.4. The molecule has 0 unspecified atom stereocenters. The van der Waals surface area contributed by atoms with E-state index in [1.165, 1.54) is 24.4 Å². The Morgan fingerprint density at radius 3 is 2.45 bits per heavy atom. The molecule has 0 aliphatic carbocycles. The number of pyridine rings is 1. The Bertz CT molecular complexity index is 1620. The van der Waals surface area contributed by atoms with Gasteiger partial charge in [0.05, 0.1) is 17.2 Å². The predicted octanol–water partition coefficient (Wildman–Crippen LogP) is 5.54. The molecule has 0 atom stereocenters. The van der Waals surface area contributed by atoms with Crippen LogP contribution in [0.3, 0.4) is 0 Å². The standard InChI is InChI=1S/C26H22F3N3O6/c1-26(2,3)38-25(34)31-19(13-30-8-4-5-21(24(30)33)32(35)36)10-16-9-18(28)12-22(23(16)31)37-14-15-6-7-17(27)11-20(15)29/h4-12H,13-14H2,1-3H3. The van der Waals surface area contributed by atoms with Gasteiger partial charge in [0.1, 0.15) is 40.9 Å². The highest BCUT2D eigenvalue weighted by Gasteiger charge is 2.26. The Balaban J connectivity index is 1.85. The number of carbonyl (C=O) groups is 1. The maximum atomic E-state index is 14.5. The quantitative estimate of drug-likeness (QED) is 0.240. The van der Waals surface area contributed by atoms with E-state index in [9.17, 15) is 32.9 Å². The zero-order valence-electron chi connectivity index (χ0n) is 20.5. The Labute approximate surface area is 213 Å². The van der Waals surface area contributed by atoms with Crippen molar-refractivity contribution in [1.29, 1.82) is 0 Å². The van der Waals surface area contributed by atoms with Crippen LogP contribution in [0.25, 0.3) is 10.9 Å². The first kappa shape index (κ1) is 26.5. The van der Waals surface area contributed by atoms with Crippen molar-refractivity contribution in [2.45, 2.75) is 39.5 Å². The number of ether oxygens (including phenoxy) is 2. The van der Waals surface area contributed by atoms with Gasteiger partial charge in [-0.25, -0.2) is 22.5 Å². The Morgan fingerprint density at radius 1 is 1.05 bits per heavy atom. The van der Waals surface area contributed by atoms with E-state index < -0.39 is 51.9 Å². The molecule has 38 heavy (non-hydrogen) atoms. The lowest BCUT2D eigenvalue weighted by Gasteiger charge is -2.21. The van der Waals surface area contributed by atoms with E-state index in [2.05, 4.69) is 0 Å². The van der Waals surface area contributed by atoms with E-state index in [1.807, 2.05) is 0 Å². The lowest BCUT2D eigenvalue weighted by Crippen LogP contribution is -2.29. The zero-order valence-corrected chi connectivity index (χ0v) is 20.5. The molecule has 0 amide bonds. The molecular formula is C26H22F3N3O6. The molecule has 4 rings (SSSR count). The number of halogens is 3. The number of fused-ring (bicyclic) bond motifs is 1. The van der Waals surface area contributed by atoms with Crippen LogP contribution in [0.2, 0.25) is 0 Å². The number of rotatable bonds is 6. The van der Waals surface area contributed by atoms with Gasteiger partial charge in [0.15, 0.2) is 0 Å². The minimum atomic E-state index is -0.939. The normalized spacial score (nSPS) is 11.5. The van der Waals surface area contributed by atoms with Gasteiger partial charge in [-0.3, -0.25) is 14.9 Å². The van der Waals surface area contributed by atoms with Crippen molar-refractivity contribution in [2.75, 3.05) is 0 Å². The van der Waals surface area contributed by atoms with Crippen molar-refractivity contribution >= 4 is 22.7 Å². The van der Waals surface area contributed by atoms with E-state index in [4.69, 9.17) is 9.47 Å². The van der Waals surface area contributed by atoms with E-state index in [-0.39, 0.29) is 34.5 Å².